The van der Waals surface area contributed by atoms with Crippen LogP contribution in [-0.4, -0.2) is 48.8 Å². The summed E-state index contributed by atoms with van der Waals surface area (Å²) in [7, 11) is 0. The van der Waals surface area contributed by atoms with Crippen molar-refractivity contribution in [3.8, 4) is 17.2 Å². The van der Waals surface area contributed by atoms with Crippen molar-refractivity contribution in [2.45, 2.75) is 13.0 Å². The maximum Gasteiger partial charge on any atom is 0.248 e. The first-order valence-corrected chi connectivity index (χ1v) is 12.0. The molecule has 1 atom stereocenters. The highest BCUT2D eigenvalue weighted by Gasteiger charge is 2.30. The molecule has 2 aliphatic rings. The lowest BCUT2D eigenvalue weighted by atomic mass is 9.86. The van der Waals surface area contributed by atoms with Gasteiger partial charge in [0.15, 0.2) is 0 Å². The molecule has 186 valence electrons. The largest absolute Gasteiger partial charge is 0.508 e. The first-order valence-electron chi connectivity index (χ1n) is 12.0. The van der Waals surface area contributed by atoms with E-state index in [9.17, 15) is 14.3 Å². The summed E-state index contributed by atoms with van der Waals surface area (Å²) < 4.78 is 24.9. The number of amides is 1. The summed E-state index contributed by atoms with van der Waals surface area (Å²) in [4.78, 5) is 13.7. The molecule has 3 aromatic carbocycles. The fraction of sp³-hybridized carbons (Fsp3) is 0.276. The van der Waals surface area contributed by atoms with Gasteiger partial charge < -0.3 is 20.3 Å². The van der Waals surface area contributed by atoms with Crippen LogP contribution in [-0.2, 0) is 0 Å². The average Bonchev–Trinajstić information content (AvgIpc) is 2.86. The SMILES string of the molecule is CC1=C(c2ccc(C(N)=O)cc2)C(c2ccc(OCCN3CC(CF)C3)cc2)Oc2ccc(O)cc21. The zero-order valence-corrected chi connectivity index (χ0v) is 20.1. The van der Waals surface area contributed by atoms with E-state index in [1.807, 2.05) is 43.3 Å². The molecule has 0 aliphatic carbocycles. The summed E-state index contributed by atoms with van der Waals surface area (Å²) >= 11 is 0. The quantitative estimate of drug-likeness (QED) is 0.474. The second kappa shape index (κ2) is 10.0. The number of phenols is 1. The van der Waals surface area contributed by atoms with Crippen molar-refractivity contribution in [3.63, 3.8) is 0 Å². The van der Waals surface area contributed by atoms with E-state index in [1.165, 1.54) is 0 Å². The number of carbonyl (C=O) groups is 1. The van der Waals surface area contributed by atoms with Gasteiger partial charge in [-0.1, -0.05) is 24.3 Å². The topological polar surface area (TPSA) is 85.0 Å². The first-order chi connectivity index (χ1) is 17.4. The van der Waals surface area contributed by atoms with Gasteiger partial charge in [0.2, 0.25) is 5.91 Å². The van der Waals surface area contributed by atoms with E-state index in [4.69, 9.17) is 15.2 Å². The summed E-state index contributed by atoms with van der Waals surface area (Å²) in [5, 5.41) is 10.1. The van der Waals surface area contributed by atoms with Gasteiger partial charge in [-0.25, -0.2) is 0 Å². The van der Waals surface area contributed by atoms with Gasteiger partial charge in [-0.15, -0.1) is 0 Å². The van der Waals surface area contributed by atoms with Gasteiger partial charge in [0.05, 0.1) is 6.67 Å². The van der Waals surface area contributed by atoms with E-state index < -0.39 is 12.0 Å². The Morgan fingerprint density at radius 1 is 1.11 bits per heavy atom. The Hall–Kier alpha value is -3.84. The minimum absolute atomic E-state index is 0.165. The molecule has 0 saturated carbocycles. The van der Waals surface area contributed by atoms with Crippen LogP contribution in [0.3, 0.4) is 0 Å². The summed E-state index contributed by atoms with van der Waals surface area (Å²) in [5.74, 6) is 1.31. The number of nitrogens with two attached hydrogens (primary N) is 1. The lowest BCUT2D eigenvalue weighted by Gasteiger charge is -2.37. The maximum absolute atomic E-state index is 12.6. The molecule has 3 N–H and O–H groups in total. The van der Waals surface area contributed by atoms with Crippen LogP contribution in [0, 0.1) is 5.92 Å². The third kappa shape index (κ3) is 4.79. The number of ether oxygens (including phenoxy) is 2. The number of nitrogens with zero attached hydrogens (tertiary/aromatic N) is 1. The fourth-order valence-corrected chi connectivity index (χ4v) is 4.85. The minimum atomic E-state index is -0.481. The second-order valence-electron chi connectivity index (χ2n) is 9.36. The van der Waals surface area contributed by atoms with E-state index in [0.717, 1.165) is 53.2 Å². The van der Waals surface area contributed by atoms with Crippen molar-refractivity contribution in [1.29, 1.82) is 0 Å². The van der Waals surface area contributed by atoms with Gasteiger partial charge in [0, 0.05) is 42.3 Å². The number of hydrogen-bond acceptors (Lipinski definition) is 5. The van der Waals surface area contributed by atoms with E-state index in [-0.39, 0.29) is 18.3 Å². The number of benzene rings is 3. The van der Waals surface area contributed by atoms with E-state index in [0.29, 0.717) is 17.9 Å². The average molecular weight is 489 g/mol. The molecule has 0 aromatic heterocycles. The number of phenolic OH excluding ortho intramolecular Hbond substituents is 1. The van der Waals surface area contributed by atoms with Gasteiger partial charge >= 0.3 is 0 Å². The van der Waals surface area contributed by atoms with Gasteiger partial charge in [0.1, 0.15) is 30.0 Å². The van der Waals surface area contributed by atoms with Crippen molar-refractivity contribution >= 4 is 17.1 Å². The second-order valence-corrected chi connectivity index (χ2v) is 9.36. The van der Waals surface area contributed by atoms with Crippen LogP contribution in [0.25, 0.3) is 11.1 Å². The van der Waals surface area contributed by atoms with E-state index >= 15 is 0 Å². The molecule has 1 fully saturated rings. The number of fused-ring (bicyclic) bond motifs is 1. The summed E-state index contributed by atoms with van der Waals surface area (Å²) in [6.45, 7) is 4.68. The Bertz CT molecular complexity index is 1280. The van der Waals surface area contributed by atoms with Crippen LogP contribution in [0.4, 0.5) is 4.39 Å². The summed E-state index contributed by atoms with van der Waals surface area (Å²) in [5.41, 5.74) is 10.4. The molecule has 1 amide bonds. The number of carbonyl (C=O) groups excluding carboxylic acids is 1. The monoisotopic (exact) mass is 488 g/mol. The Labute approximate surface area is 209 Å². The normalized spacial score (nSPS) is 17.8. The number of halogens is 1. The highest BCUT2D eigenvalue weighted by Crippen LogP contribution is 2.47. The van der Waals surface area contributed by atoms with Crippen LogP contribution in [0.15, 0.2) is 66.7 Å². The van der Waals surface area contributed by atoms with Gasteiger partial charge in [-0.2, -0.15) is 0 Å². The molecular formula is C29H29FN2O4. The number of alkyl halides is 1. The molecule has 1 saturated heterocycles. The third-order valence-electron chi connectivity index (χ3n) is 6.87. The molecule has 0 radical (unpaired) electrons. The standard InChI is InChI=1S/C29H29FN2O4/c1-18-25-14-23(33)8-11-26(25)36-28(27(18)20-2-4-22(5-3-20)29(31)34)21-6-9-24(10-7-21)35-13-12-32-16-19(15-30)17-32/h2-11,14,19,28,33H,12-13,15-17H2,1H3,(H2,31,34). The molecule has 1 unspecified atom stereocenters. The number of aromatic hydroxyl groups is 1. The molecule has 2 heterocycles. The smallest absolute Gasteiger partial charge is 0.248 e. The van der Waals surface area contributed by atoms with Gasteiger partial charge in [0.25, 0.3) is 0 Å². The van der Waals surface area contributed by atoms with Crippen molar-refractivity contribution in [1.82, 2.24) is 4.90 Å². The zero-order chi connectivity index (χ0) is 25.2. The highest BCUT2D eigenvalue weighted by atomic mass is 19.1. The number of hydrogen-bond donors (Lipinski definition) is 2. The molecular weight excluding hydrogens is 459 g/mol. The predicted molar refractivity (Wildman–Crippen MR) is 137 cm³/mol. The van der Waals surface area contributed by atoms with Crippen LogP contribution in [0.1, 0.15) is 40.1 Å². The van der Waals surface area contributed by atoms with Crippen LogP contribution >= 0.6 is 0 Å². The maximum atomic E-state index is 12.6. The molecule has 36 heavy (non-hydrogen) atoms. The molecule has 0 bridgehead atoms. The summed E-state index contributed by atoms with van der Waals surface area (Å²) in [6.07, 6.45) is -0.394. The molecule has 6 nitrogen and oxygen atoms in total. The van der Waals surface area contributed by atoms with Crippen LogP contribution in [0.2, 0.25) is 0 Å². The summed E-state index contributed by atoms with van der Waals surface area (Å²) in [6, 6.07) is 20.0. The molecule has 3 aromatic rings. The van der Waals surface area contributed by atoms with Crippen molar-refractivity contribution in [3.05, 3.63) is 89.0 Å². The Morgan fingerprint density at radius 2 is 1.83 bits per heavy atom. The van der Waals surface area contributed by atoms with Crippen molar-refractivity contribution in [2.24, 2.45) is 11.7 Å². The lowest BCUT2D eigenvalue weighted by Crippen LogP contribution is -2.49. The predicted octanol–water partition coefficient (Wildman–Crippen LogP) is 4.84. The van der Waals surface area contributed by atoms with E-state index in [1.54, 1.807) is 30.3 Å². The molecule has 0 spiro atoms. The van der Waals surface area contributed by atoms with Crippen LogP contribution in [0.5, 0.6) is 17.2 Å². The van der Waals surface area contributed by atoms with Crippen LogP contribution < -0.4 is 15.2 Å². The number of rotatable bonds is 8. The van der Waals surface area contributed by atoms with E-state index in [2.05, 4.69) is 4.90 Å². The third-order valence-corrected chi connectivity index (χ3v) is 6.87. The molecule has 5 rings (SSSR count). The molecule has 2 aliphatic heterocycles. The van der Waals surface area contributed by atoms with Gasteiger partial charge in [-0.3, -0.25) is 14.1 Å². The highest BCUT2D eigenvalue weighted by molar-refractivity contribution is 5.97. The molecule has 7 heteroatoms. The number of allylic oxidation sites excluding steroid dienone is 1. The number of likely N-dealkylation sites (tertiary alicyclic amines) is 1. The zero-order valence-electron chi connectivity index (χ0n) is 20.1. The minimum Gasteiger partial charge on any atom is -0.508 e. The number of primary amides is 1. The van der Waals surface area contributed by atoms with Gasteiger partial charge in [-0.05, 0) is 66.1 Å². The first kappa shape index (κ1) is 23.9. The Morgan fingerprint density at radius 3 is 2.50 bits per heavy atom. The van der Waals surface area contributed by atoms with Crippen molar-refractivity contribution in [2.75, 3.05) is 32.9 Å². The Kier molecular flexibility index (Phi) is 6.65. The van der Waals surface area contributed by atoms with Crippen molar-refractivity contribution < 1.29 is 23.8 Å². The fourth-order valence-electron chi connectivity index (χ4n) is 4.85. The Balaban J connectivity index is 1.39. The lowest BCUT2D eigenvalue weighted by molar-refractivity contribution is 0.0668.